The molecule has 0 spiro atoms. The summed E-state index contributed by atoms with van der Waals surface area (Å²) in [6.07, 6.45) is 9.15. The highest BCUT2D eigenvalue weighted by Crippen LogP contribution is 2.24. The third kappa shape index (κ3) is 5.18. The van der Waals surface area contributed by atoms with Crippen molar-refractivity contribution in [2.75, 3.05) is 19.6 Å². The minimum atomic E-state index is -0.208. The van der Waals surface area contributed by atoms with Crippen LogP contribution in [-0.4, -0.2) is 47.2 Å². The minimum Gasteiger partial charge on any atom is -0.343 e. The second kappa shape index (κ2) is 9.00. The van der Waals surface area contributed by atoms with Crippen molar-refractivity contribution in [1.82, 2.24) is 9.80 Å². The van der Waals surface area contributed by atoms with E-state index in [-0.39, 0.29) is 17.7 Å². The number of amides is 3. The van der Waals surface area contributed by atoms with Crippen molar-refractivity contribution in [1.29, 1.82) is 0 Å². The molecule has 0 bridgehead atoms. The highest BCUT2D eigenvalue weighted by molar-refractivity contribution is 6.12. The van der Waals surface area contributed by atoms with Crippen molar-refractivity contribution >= 4 is 17.7 Å². The zero-order valence-electron chi connectivity index (χ0n) is 15.0. The quantitative estimate of drug-likeness (QED) is 0.506. The molecule has 5 heteroatoms. The summed E-state index contributed by atoms with van der Waals surface area (Å²) >= 11 is 0. The van der Waals surface area contributed by atoms with Crippen molar-refractivity contribution in [3.8, 4) is 0 Å². The lowest BCUT2D eigenvalue weighted by Gasteiger charge is -2.34. The van der Waals surface area contributed by atoms with Crippen molar-refractivity contribution in [2.24, 2.45) is 11.8 Å². The van der Waals surface area contributed by atoms with Gasteiger partial charge in [0.25, 0.3) is 11.8 Å². The number of hydrogen-bond donors (Lipinski definition) is 0. The van der Waals surface area contributed by atoms with Crippen LogP contribution in [0, 0.1) is 11.8 Å². The Bertz CT molecular complexity index is 473. The fourth-order valence-corrected chi connectivity index (χ4v) is 3.52. The van der Waals surface area contributed by atoms with E-state index in [0.717, 1.165) is 57.5 Å². The molecule has 0 radical (unpaired) electrons. The normalized spacial score (nSPS) is 19.0. The lowest BCUT2D eigenvalue weighted by atomic mass is 9.86. The fourth-order valence-electron chi connectivity index (χ4n) is 3.52. The number of unbranched alkanes of at least 4 members (excludes halogenated alkanes) is 3. The lowest BCUT2D eigenvalue weighted by molar-refractivity contribution is -0.137. The van der Waals surface area contributed by atoms with Crippen LogP contribution < -0.4 is 0 Å². The largest absolute Gasteiger partial charge is 0.343 e. The third-order valence-electron chi connectivity index (χ3n) is 5.26. The summed E-state index contributed by atoms with van der Waals surface area (Å²) in [5, 5.41) is 0. The molecule has 1 saturated heterocycles. The van der Waals surface area contributed by atoms with Crippen LogP contribution in [0.3, 0.4) is 0 Å². The van der Waals surface area contributed by atoms with Gasteiger partial charge in [0.1, 0.15) is 0 Å². The molecule has 0 aromatic heterocycles. The molecule has 0 aromatic rings. The SMILES string of the molecule is CC(C)C1CCN(C(=O)CCCCCCN2C(=O)C=CC2=O)CC1. The Hall–Kier alpha value is -1.65. The molecule has 134 valence electrons. The number of piperidine rings is 1. The Balaban J connectivity index is 1.52. The monoisotopic (exact) mass is 334 g/mol. The number of imide groups is 1. The molecule has 3 amide bonds. The van der Waals surface area contributed by atoms with E-state index in [2.05, 4.69) is 13.8 Å². The van der Waals surface area contributed by atoms with Gasteiger partial charge in [-0.1, -0.05) is 26.7 Å². The first kappa shape index (κ1) is 18.7. The summed E-state index contributed by atoms with van der Waals surface area (Å²) in [5.74, 6) is 1.35. The second-order valence-electron chi connectivity index (χ2n) is 7.29. The maximum Gasteiger partial charge on any atom is 0.253 e. The Morgan fingerprint density at radius 2 is 1.62 bits per heavy atom. The zero-order chi connectivity index (χ0) is 17.5. The van der Waals surface area contributed by atoms with Crippen LogP contribution in [0.15, 0.2) is 12.2 Å². The lowest BCUT2D eigenvalue weighted by Crippen LogP contribution is -2.39. The highest BCUT2D eigenvalue weighted by Gasteiger charge is 2.24. The summed E-state index contributed by atoms with van der Waals surface area (Å²) in [5.41, 5.74) is 0. The second-order valence-corrected chi connectivity index (χ2v) is 7.29. The number of likely N-dealkylation sites (tertiary alicyclic amines) is 1. The number of carbonyl (C=O) groups is 3. The van der Waals surface area contributed by atoms with E-state index < -0.39 is 0 Å². The summed E-state index contributed by atoms with van der Waals surface area (Å²) in [7, 11) is 0. The average Bonchev–Trinajstić information content (AvgIpc) is 2.89. The van der Waals surface area contributed by atoms with Crippen molar-refractivity contribution < 1.29 is 14.4 Å². The molecule has 0 atom stereocenters. The maximum atomic E-state index is 12.2. The first-order chi connectivity index (χ1) is 11.5. The molecular formula is C19H30N2O3. The van der Waals surface area contributed by atoms with Crippen LogP contribution in [0.25, 0.3) is 0 Å². The Morgan fingerprint density at radius 3 is 2.21 bits per heavy atom. The molecule has 1 fully saturated rings. The Morgan fingerprint density at radius 1 is 1.04 bits per heavy atom. The standard InChI is InChI=1S/C19H30N2O3/c1-15(2)16-10-13-20(14-11-16)17(22)7-5-3-4-6-12-21-18(23)8-9-19(21)24/h8-9,15-16H,3-7,10-14H2,1-2H3. The first-order valence-corrected chi connectivity index (χ1v) is 9.30. The van der Waals surface area contributed by atoms with Crippen LogP contribution in [0.1, 0.15) is 58.8 Å². The predicted molar refractivity (Wildman–Crippen MR) is 93.1 cm³/mol. The van der Waals surface area contributed by atoms with E-state index in [4.69, 9.17) is 0 Å². The van der Waals surface area contributed by atoms with Crippen LogP contribution in [0.2, 0.25) is 0 Å². The van der Waals surface area contributed by atoms with Gasteiger partial charge in [0.2, 0.25) is 5.91 Å². The molecule has 0 saturated carbocycles. The van der Waals surface area contributed by atoms with Gasteiger partial charge in [0, 0.05) is 38.2 Å². The Labute approximate surface area is 145 Å². The molecule has 0 unspecified atom stereocenters. The molecule has 0 N–H and O–H groups in total. The van der Waals surface area contributed by atoms with E-state index in [1.807, 2.05) is 4.90 Å². The van der Waals surface area contributed by atoms with Gasteiger partial charge in [-0.25, -0.2) is 0 Å². The average molecular weight is 334 g/mol. The highest BCUT2D eigenvalue weighted by atomic mass is 16.2. The molecule has 5 nitrogen and oxygen atoms in total. The van der Waals surface area contributed by atoms with E-state index >= 15 is 0 Å². The van der Waals surface area contributed by atoms with Crippen molar-refractivity contribution in [3.63, 3.8) is 0 Å². The van der Waals surface area contributed by atoms with Gasteiger partial charge in [-0.05, 0) is 37.5 Å². The number of rotatable bonds is 8. The molecular weight excluding hydrogens is 304 g/mol. The summed E-state index contributed by atoms with van der Waals surface area (Å²) in [6, 6.07) is 0. The number of nitrogens with zero attached hydrogens (tertiary/aromatic N) is 2. The smallest absolute Gasteiger partial charge is 0.253 e. The molecule has 2 heterocycles. The Kier molecular flexibility index (Phi) is 7.00. The van der Waals surface area contributed by atoms with E-state index in [1.165, 1.54) is 17.1 Å². The first-order valence-electron chi connectivity index (χ1n) is 9.30. The molecule has 24 heavy (non-hydrogen) atoms. The van der Waals surface area contributed by atoms with Gasteiger partial charge < -0.3 is 4.90 Å². The van der Waals surface area contributed by atoms with Crippen molar-refractivity contribution in [2.45, 2.75) is 58.8 Å². The van der Waals surface area contributed by atoms with Gasteiger partial charge in [0.15, 0.2) is 0 Å². The molecule has 0 aliphatic carbocycles. The van der Waals surface area contributed by atoms with E-state index in [9.17, 15) is 14.4 Å². The van der Waals surface area contributed by atoms with Gasteiger partial charge in [-0.2, -0.15) is 0 Å². The predicted octanol–water partition coefficient (Wildman–Crippen LogP) is 2.76. The van der Waals surface area contributed by atoms with Crippen LogP contribution >= 0.6 is 0 Å². The summed E-state index contributed by atoms with van der Waals surface area (Å²) < 4.78 is 0. The van der Waals surface area contributed by atoms with E-state index in [0.29, 0.717) is 18.9 Å². The van der Waals surface area contributed by atoms with Crippen LogP contribution in [0.4, 0.5) is 0 Å². The maximum absolute atomic E-state index is 12.2. The fraction of sp³-hybridized carbons (Fsp3) is 0.737. The molecule has 2 aliphatic rings. The minimum absolute atomic E-state index is 0.208. The zero-order valence-corrected chi connectivity index (χ0v) is 15.0. The van der Waals surface area contributed by atoms with Gasteiger partial charge in [-0.3, -0.25) is 19.3 Å². The molecule has 2 aliphatic heterocycles. The van der Waals surface area contributed by atoms with Gasteiger partial charge in [-0.15, -0.1) is 0 Å². The summed E-state index contributed by atoms with van der Waals surface area (Å²) in [6.45, 7) is 6.84. The van der Waals surface area contributed by atoms with Gasteiger partial charge in [0.05, 0.1) is 0 Å². The summed E-state index contributed by atoms with van der Waals surface area (Å²) in [4.78, 5) is 38.3. The van der Waals surface area contributed by atoms with Crippen LogP contribution in [-0.2, 0) is 14.4 Å². The third-order valence-corrected chi connectivity index (χ3v) is 5.26. The van der Waals surface area contributed by atoms with Gasteiger partial charge >= 0.3 is 0 Å². The van der Waals surface area contributed by atoms with Crippen LogP contribution in [0.5, 0.6) is 0 Å². The topological polar surface area (TPSA) is 57.7 Å². The number of carbonyl (C=O) groups excluding carboxylic acids is 3. The molecule has 2 rings (SSSR count). The molecule has 0 aromatic carbocycles. The van der Waals surface area contributed by atoms with Crippen molar-refractivity contribution in [3.05, 3.63) is 12.2 Å². The number of hydrogen-bond acceptors (Lipinski definition) is 3. The van der Waals surface area contributed by atoms with E-state index in [1.54, 1.807) is 0 Å².